The Morgan fingerprint density at radius 3 is 2.62 bits per heavy atom. The molecule has 0 unspecified atom stereocenters. The molecule has 1 heterocycles. The Kier molecular flexibility index (Phi) is 4.76. The van der Waals surface area contributed by atoms with Gasteiger partial charge in [0.05, 0.1) is 6.20 Å². The van der Waals surface area contributed by atoms with Crippen molar-refractivity contribution in [3.05, 3.63) is 12.3 Å². The van der Waals surface area contributed by atoms with Gasteiger partial charge in [0.2, 0.25) is 0 Å². The highest BCUT2D eigenvalue weighted by Gasteiger charge is 2.25. The predicted octanol–water partition coefficient (Wildman–Crippen LogP) is 1.06. The maximum Gasteiger partial charge on any atom is 0.260 e. The van der Waals surface area contributed by atoms with Crippen LogP contribution in [0.5, 0.6) is 0 Å². The van der Waals surface area contributed by atoms with E-state index in [0.717, 1.165) is 6.42 Å². The van der Waals surface area contributed by atoms with Crippen molar-refractivity contribution >= 4 is 21.6 Å². The average molecular weight is 266 g/mol. The Morgan fingerprint density at radius 1 is 1.50 bits per heavy atom. The third-order valence-electron chi connectivity index (χ3n) is 2.19. The zero-order chi connectivity index (χ0) is 12.2. The van der Waals surface area contributed by atoms with Crippen LogP contribution in [-0.2, 0) is 17.1 Å². The van der Waals surface area contributed by atoms with Crippen molar-refractivity contribution in [3.8, 4) is 0 Å². The minimum Gasteiger partial charge on any atom is -0.256 e. The molecule has 0 N–H and O–H groups in total. The molecule has 0 amide bonds. The van der Waals surface area contributed by atoms with E-state index in [1.807, 2.05) is 6.92 Å². The second-order valence-corrected chi connectivity index (χ2v) is 5.65. The van der Waals surface area contributed by atoms with Gasteiger partial charge in [0, 0.05) is 26.0 Å². The van der Waals surface area contributed by atoms with Gasteiger partial charge < -0.3 is 0 Å². The van der Waals surface area contributed by atoms with Crippen LogP contribution in [0.1, 0.15) is 13.3 Å². The zero-order valence-corrected chi connectivity index (χ0v) is 11.0. The van der Waals surface area contributed by atoms with Crippen LogP contribution < -0.4 is 0 Å². The van der Waals surface area contributed by atoms with Gasteiger partial charge in [-0.1, -0.05) is 6.92 Å². The molecule has 0 spiro atoms. The molecule has 0 bridgehead atoms. The fourth-order valence-corrected chi connectivity index (χ4v) is 3.38. The van der Waals surface area contributed by atoms with Gasteiger partial charge in [-0.2, -0.15) is 9.40 Å². The van der Waals surface area contributed by atoms with Crippen LogP contribution in [0.25, 0.3) is 0 Å². The van der Waals surface area contributed by atoms with Crippen molar-refractivity contribution in [2.24, 2.45) is 7.05 Å². The Balaban J connectivity index is 3.03. The molecule has 92 valence electrons. The molecule has 0 saturated heterocycles. The molecule has 7 heteroatoms. The highest BCUT2D eigenvalue weighted by atomic mass is 35.5. The Labute approximate surface area is 101 Å². The number of sulfonamides is 1. The summed E-state index contributed by atoms with van der Waals surface area (Å²) in [6.07, 6.45) is 2.23. The van der Waals surface area contributed by atoms with Gasteiger partial charge in [-0.25, -0.2) is 8.42 Å². The lowest BCUT2D eigenvalue weighted by Crippen LogP contribution is -2.34. The lowest BCUT2D eigenvalue weighted by molar-refractivity contribution is 0.422. The zero-order valence-electron chi connectivity index (χ0n) is 9.43. The van der Waals surface area contributed by atoms with Crippen molar-refractivity contribution in [3.63, 3.8) is 0 Å². The molecule has 5 nitrogen and oxygen atoms in total. The van der Waals surface area contributed by atoms with Crippen molar-refractivity contribution in [1.82, 2.24) is 14.1 Å². The van der Waals surface area contributed by atoms with Crippen LogP contribution in [0.3, 0.4) is 0 Å². The summed E-state index contributed by atoms with van der Waals surface area (Å²) in [6, 6.07) is 1.49. The molecule has 0 atom stereocenters. The van der Waals surface area contributed by atoms with Crippen LogP contribution >= 0.6 is 11.6 Å². The summed E-state index contributed by atoms with van der Waals surface area (Å²) in [5.41, 5.74) is 0. The van der Waals surface area contributed by atoms with Gasteiger partial charge in [0.15, 0.2) is 5.03 Å². The summed E-state index contributed by atoms with van der Waals surface area (Å²) in [5.74, 6) is 0.289. The van der Waals surface area contributed by atoms with Crippen LogP contribution in [0.4, 0.5) is 0 Å². The molecule has 0 fully saturated rings. The number of halogens is 1. The normalized spacial score (nSPS) is 12.2. The molecule has 0 aliphatic heterocycles. The maximum atomic E-state index is 12.2. The molecule has 0 aliphatic rings. The van der Waals surface area contributed by atoms with Crippen LogP contribution in [0.15, 0.2) is 17.3 Å². The standard InChI is InChI=1S/C9H16ClN3O2S/c1-3-7-13(8-5-10)16(14,15)9-4-6-11-12(9)2/h4,6H,3,5,7-8H2,1-2H3. The molecule has 16 heavy (non-hydrogen) atoms. The Hall–Kier alpha value is -0.590. The minimum absolute atomic E-state index is 0.200. The summed E-state index contributed by atoms with van der Waals surface area (Å²) in [7, 11) is -1.85. The van der Waals surface area contributed by atoms with E-state index in [9.17, 15) is 8.42 Å². The van der Waals surface area contributed by atoms with E-state index in [4.69, 9.17) is 11.6 Å². The molecule has 1 aromatic rings. The highest BCUT2D eigenvalue weighted by molar-refractivity contribution is 7.89. The molecule has 0 aromatic carbocycles. The van der Waals surface area contributed by atoms with Gasteiger partial charge >= 0.3 is 0 Å². The SMILES string of the molecule is CCCN(CCCl)S(=O)(=O)c1ccnn1C. The quantitative estimate of drug-likeness (QED) is 0.723. The second kappa shape index (κ2) is 5.65. The number of rotatable bonds is 6. The fourth-order valence-electron chi connectivity index (χ4n) is 1.44. The molecule has 0 radical (unpaired) electrons. The monoisotopic (exact) mass is 265 g/mol. The lowest BCUT2D eigenvalue weighted by Gasteiger charge is -2.20. The first-order valence-electron chi connectivity index (χ1n) is 5.08. The third-order valence-corrected chi connectivity index (χ3v) is 4.33. The minimum atomic E-state index is -3.46. The van der Waals surface area contributed by atoms with Crippen LogP contribution in [-0.4, -0.2) is 41.5 Å². The first kappa shape index (κ1) is 13.5. The van der Waals surface area contributed by atoms with E-state index >= 15 is 0 Å². The summed E-state index contributed by atoms with van der Waals surface area (Å²) in [4.78, 5) is 0. The Morgan fingerprint density at radius 2 is 2.19 bits per heavy atom. The Bertz CT molecular complexity index is 424. The molecular formula is C9H16ClN3O2S. The number of hydrogen-bond acceptors (Lipinski definition) is 3. The van der Waals surface area contributed by atoms with Crippen molar-refractivity contribution in [1.29, 1.82) is 0 Å². The highest BCUT2D eigenvalue weighted by Crippen LogP contribution is 2.14. The number of aryl methyl sites for hydroxylation is 1. The first-order chi connectivity index (χ1) is 7.54. The topological polar surface area (TPSA) is 55.2 Å². The number of aromatic nitrogens is 2. The van der Waals surface area contributed by atoms with Crippen molar-refractivity contribution < 1.29 is 8.42 Å². The number of alkyl halides is 1. The third kappa shape index (κ3) is 2.75. The van der Waals surface area contributed by atoms with E-state index in [2.05, 4.69) is 5.10 Å². The van der Waals surface area contributed by atoms with Gasteiger partial charge in [-0.3, -0.25) is 4.68 Å². The van der Waals surface area contributed by atoms with E-state index in [1.54, 1.807) is 7.05 Å². The molecule has 1 rings (SSSR count). The van der Waals surface area contributed by atoms with Gasteiger partial charge in [0.25, 0.3) is 10.0 Å². The van der Waals surface area contributed by atoms with Crippen LogP contribution in [0, 0.1) is 0 Å². The first-order valence-corrected chi connectivity index (χ1v) is 7.05. The van der Waals surface area contributed by atoms with E-state index < -0.39 is 10.0 Å². The average Bonchev–Trinajstić information content (AvgIpc) is 2.65. The van der Waals surface area contributed by atoms with E-state index in [1.165, 1.54) is 21.3 Å². The van der Waals surface area contributed by atoms with E-state index in [-0.39, 0.29) is 10.9 Å². The lowest BCUT2D eigenvalue weighted by atomic mass is 10.5. The molecule has 0 aliphatic carbocycles. The largest absolute Gasteiger partial charge is 0.260 e. The van der Waals surface area contributed by atoms with Gasteiger partial charge in [-0.05, 0) is 12.5 Å². The fraction of sp³-hybridized carbons (Fsp3) is 0.667. The second-order valence-electron chi connectivity index (χ2n) is 3.39. The van der Waals surface area contributed by atoms with Crippen LogP contribution in [0.2, 0.25) is 0 Å². The van der Waals surface area contributed by atoms with Crippen molar-refractivity contribution in [2.45, 2.75) is 18.4 Å². The smallest absolute Gasteiger partial charge is 0.256 e. The summed E-state index contributed by atoms with van der Waals surface area (Å²) >= 11 is 5.61. The summed E-state index contributed by atoms with van der Waals surface area (Å²) in [5, 5.41) is 4.06. The molecule has 0 saturated carbocycles. The van der Waals surface area contributed by atoms with Gasteiger partial charge in [0.1, 0.15) is 0 Å². The van der Waals surface area contributed by atoms with E-state index in [0.29, 0.717) is 13.1 Å². The summed E-state index contributed by atoms with van der Waals surface area (Å²) in [6.45, 7) is 2.73. The molecular weight excluding hydrogens is 250 g/mol. The predicted molar refractivity (Wildman–Crippen MR) is 63.0 cm³/mol. The number of nitrogens with zero attached hydrogens (tertiary/aromatic N) is 3. The summed E-state index contributed by atoms with van der Waals surface area (Å²) < 4.78 is 27.1. The van der Waals surface area contributed by atoms with Gasteiger partial charge in [-0.15, -0.1) is 11.6 Å². The maximum absolute atomic E-state index is 12.2. The van der Waals surface area contributed by atoms with Crippen molar-refractivity contribution in [2.75, 3.05) is 19.0 Å². The number of hydrogen-bond donors (Lipinski definition) is 0. The molecule has 1 aromatic heterocycles.